The monoisotopic (exact) mass is 978 g/mol. The molecule has 0 aromatic heterocycles. The minimum absolute atomic E-state index is 0.0244. The molecule has 30 heteroatoms. The maximum absolute atomic E-state index is 16.7. The van der Waals surface area contributed by atoms with E-state index in [1.54, 1.807) is 0 Å². The summed E-state index contributed by atoms with van der Waals surface area (Å²) >= 11 is 0. The van der Waals surface area contributed by atoms with Gasteiger partial charge >= 0.3 is 17.8 Å². The quantitative estimate of drug-likeness (QED) is 0.0729. The van der Waals surface area contributed by atoms with Crippen LogP contribution in [-0.2, 0) is 17.1 Å². The molecule has 5 aromatic rings. The van der Waals surface area contributed by atoms with Gasteiger partial charge in [0.25, 0.3) is 0 Å². The van der Waals surface area contributed by atoms with Crippen molar-refractivity contribution in [1.82, 2.24) is 0 Å². The van der Waals surface area contributed by atoms with Crippen molar-refractivity contribution < 1.29 is 123 Å². The Labute approximate surface area is 339 Å². The zero-order chi connectivity index (χ0) is 49.5. The van der Waals surface area contributed by atoms with Crippen molar-refractivity contribution in [3.05, 3.63) is 151 Å². The lowest BCUT2D eigenvalue weighted by Crippen LogP contribution is -2.69. The van der Waals surface area contributed by atoms with Gasteiger partial charge in [0.15, 0.2) is 110 Å². The molecule has 0 fully saturated rings. The minimum Gasteiger partial charge on any atom is -0.243 e. The van der Waals surface area contributed by atoms with Crippen molar-refractivity contribution in [3.63, 3.8) is 0 Å². The molecular weight excluding hydrogens is 974 g/mol. The smallest absolute Gasteiger partial charge is 0.243 e. The van der Waals surface area contributed by atoms with E-state index in [2.05, 4.69) is 0 Å². The molecule has 346 valence electrons. The molecule has 0 nitrogen and oxygen atoms in total. The summed E-state index contributed by atoms with van der Waals surface area (Å²) in [5, 5.41) is 0. The van der Waals surface area contributed by atoms with Gasteiger partial charge in [-0.1, -0.05) is 0 Å². The number of halogens is 28. The summed E-state index contributed by atoms with van der Waals surface area (Å²) in [5.41, 5.74) is -33.0. The lowest BCUT2D eigenvalue weighted by molar-refractivity contribution is -0.351. The fraction of sp³-hybridized carbons (Fsp3) is 0.143. The van der Waals surface area contributed by atoms with Gasteiger partial charge in [0, 0.05) is 39.9 Å². The second-order valence-corrected chi connectivity index (χ2v) is 13.6. The number of fused-ring (bicyclic) bond motifs is 4. The van der Waals surface area contributed by atoms with Crippen LogP contribution in [-0.4, -0.2) is 26.4 Å². The SMILES string of the molecule is Fc1c(F)c(F)c2c(c1F)-c1c(F)c(F)c(F)c(F)c1C2(F)BC1(F)c2c(F)c(F)c(F)c(F)c2C(F)(F)C(F)(F)C1(F)F.Fc1cc(F)c(Bc2c(F)cc(F)c(F)c2F)c(F)c1F. The number of hydrogen-bond acceptors (Lipinski definition) is 0. The summed E-state index contributed by atoms with van der Waals surface area (Å²) in [5.74, 6) is -76.4. The summed E-state index contributed by atoms with van der Waals surface area (Å²) < 4.78 is 399. The van der Waals surface area contributed by atoms with Crippen LogP contribution in [0.25, 0.3) is 11.1 Å². The number of benzene rings is 5. The lowest BCUT2D eigenvalue weighted by Gasteiger charge is -2.48. The zero-order valence-corrected chi connectivity index (χ0v) is 29.7. The number of alkyl halides is 8. The molecule has 0 bridgehead atoms. The maximum atomic E-state index is 16.7. The first-order valence-electron chi connectivity index (χ1n) is 16.4. The summed E-state index contributed by atoms with van der Waals surface area (Å²) in [7, 11) is -5.15. The highest BCUT2D eigenvalue weighted by atomic mass is 19.4. The standard InChI is InChI=1S/C23HBF20.C12H3BF8/c25-7-1-2-4(10(28)16(34)14(32)8(2)26)19(37,3(1)9(27)15(33)13(7)31)24-20(38)5-6(12(30)18(36)17(35)11(5)29)21(39,40)23(43,44)22(20,41)42;14-3-1-5(16)9(18)11(20)7(3)13-8-4(15)2-6(17)10(19)12(8)21/h24H;1-2,13H. The minimum atomic E-state index is -7.45. The van der Waals surface area contributed by atoms with Gasteiger partial charge in [0.05, 0.1) is 5.56 Å². The fourth-order valence-corrected chi connectivity index (χ4v) is 7.08. The molecule has 0 radical (unpaired) electrons. The highest BCUT2D eigenvalue weighted by Crippen LogP contribution is 2.67. The molecule has 0 saturated carbocycles. The molecule has 2 aliphatic rings. The van der Waals surface area contributed by atoms with Crippen LogP contribution < -0.4 is 10.9 Å². The van der Waals surface area contributed by atoms with Crippen molar-refractivity contribution in [2.45, 2.75) is 28.9 Å². The Kier molecular flexibility index (Phi) is 11.4. The second-order valence-electron chi connectivity index (χ2n) is 13.6. The Morgan fingerprint density at radius 3 is 0.954 bits per heavy atom. The van der Waals surface area contributed by atoms with E-state index >= 15 is 17.6 Å². The van der Waals surface area contributed by atoms with E-state index in [1.807, 2.05) is 0 Å². The molecule has 2 aliphatic carbocycles. The van der Waals surface area contributed by atoms with Crippen molar-refractivity contribution in [2.24, 2.45) is 0 Å². The Hall–Kier alpha value is -5.73. The van der Waals surface area contributed by atoms with E-state index in [0.29, 0.717) is 0 Å². The normalized spacial score (nSPS) is 18.4. The van der Waals surface area contributed by atoms with Gasteiger partial charge in [0.1, 0.15) is 17.2 Å². The fourth-order valence-electron chi connectivity index (χ4n) is 7.08. The molecule has 65 heavy (non-hydrogen) atoms. The van der Waals surface area contributed by atoms with Gasteiger partial charge in [-0.05, 0) is 10.9 Å². The van der Waals surface area contributed by atoms with Crippen molar-refractivity contribution in [2.75, 3.05) is 0 Å². The summed E-state index contributed by atoms with van der Waals surface area (Å²) in [6.07, 6.45) is 0. The van der Waals surface area contributed by atoms with Crippen LogP contribution in [0.2, 0.25) is 0 Å². The van der Waals surface area contributed by atoms with E-state index in [1.165, 1.54) is 0 Å². The van der Waals surface area contributed by atoms with Gasteiger partial charge in [-0.3, -0.25) is 0 Å². The van der Waals surface area contributed by atoms with Gasteiger partial charge in [-0.15, -0.1) is 0 Å². The Morgan fingerprint density at radius 2 is 0.600 bits per heavy atom. The van der Waals surface area contributed by atoms with Gasteiger partial charge < -0.3 is 0 Å². The number of rotatable bonds is 4. The molecule has 5 aromatic carbocycles. The van der Waals surface area contributed by atoms with Crippen LogP contribution in [0.5, 0.6) is 0 Å². The first-order valence-corrected chi connectivity index (χ1v) is 16.4. The van der Waals surface area contributed by atoms with Crippen molar-refractivity contribution in [1.29, 1.82) is 0 Å². The predicted octanol–water partition coefficient (Wildman–Crippen LogP) is 10.3. The van der Waals surface area contributed by atoms with Gasteiger partial charge in [-0.25, -0.2) is 96.6 Å². The lowest BCUT2D eigenvalue weighted by atomic mass is 9.42. The molecule has 0 amide bonds. The molecule has 0 heterocycles. The van der Waals surface area contributed by atoms with Crippen molar-refractivity contribution >= 4 is 25.5 Å². The highest BCUT2D eigenvalue weighted by molar-refractivity contribution is 6.67. The van der Waals surface area contributed by atoms with E-state index < -0.39 is 204 Å². The number of hydrogen-bond donors (Lipinski definition) is 0. The second kappa shape index (κ2) is 15.2. The van der Waals surface area contributed by atoms with Crippen LogP contribution in [0.3, 0.4) is 0 Å². The maximum Gasteiger partial charge on any atom is 0.379 e. The average molecular weight is 978 g/mol. The molecule has 0 aliphatic heterocycles. The first-order chi connectivity index (χ1) is 29.6. The molecule has 1 atom stereocenters. The van der Waals surface area contributed by atoms with Crippen molar-refractivity contribution in [3.8, 4) is 11.1 Å². The Morgan fingerprint density at radius 1 is 0.292 bits per heavy atom. The average Bonchev–Trinajstić information content (AvgIpc) is 3.49. The largest absolute Gasteiger partial charge is 0.379 e. The van der Waals surface area contributed by atoms with Crippen LogP contribution in [0.1, 0.15) is 22.3 Å². The van der Waals surface area contributed by atoms with Crippen LogP contribution in [0.15, 0.2) is 12.1 Å². The molecular formula is C35H4B2F28. The molecule has 0 spiro atoms. The van der Waals surface area contributed by atoms with E-state index in [0.717, 1.165) is 0 Å². The third-order valence-corrected chi connectivity index (χ3v) is 10.1. The third-order valence-electron chi connectivity index (χ3n) is 10.1. The first kappa shape index (κ1) is 48.7. The summed E-state index contributed by atoms with van der Waals surface area (Å²) in [6.45, 7) is 0. The summed E-state index contributed by atoms with van der Waals surface area (Å²) in [4.78, 5) is 0. The molecule has 7 rings (SSSR count). The van der Waals surface area contributed by atoms with E-state index in [-0.39, 0.29) is 12.1 Å². The van der Waals surface area contributed by atoms with Gasteiger partial charge in [0.2, 0.25) is 14.6 Å². The topological polar surface area (TPSA) is 0 Å². The Balaban J connectivity index is 0.000000279. The zero-order valence-electron chi connectivity index (χ0n) is 29.7. The van der Waals surface area contributed by atoms with E-state index in [4.69, 9.17) is 0 Å². The molecule has 1 unspecified atom stereocenters. The highest BCUT2D eigenvalue weighted by Gasteiger charge is 2.86. The van der Waals surface area contributed by atoms with E-state index in [9.17, 15) is 105 Å². The van der Waals surface area contributed by atoms with Crippen LogP contribution in [0.4, 0.5) is 123 Å². The van der Waals surface area contributed by atoms with Crippen LogP contribution >= 0.6 is 0 Å². The molecule has 0 N–H and O–H groups in total. The summed E-state index contributed by atoms with van der Waals surface area (Å²) in [6, 6.07) is -0.0487. The van der Waals surface area contributed by atoms with Crippen LogP contribution in [0, 0.1) is 116 Å². The Bertz CT molecular complexity index is 2780. The third kappa shape index (κ3) is 6.29. The predicted molar refractivity (Wildman–Crippen MR) is 162 cm³/mol. The van der Waals surface area contributed by atoms with Gasteiger partial charge in [-0.2, -0.15) is 26.3 Å². The molecule has 0 saturated heterocycles.